The molecule has 0 saturated heterocycles. The second-order valence-corrected chi connectivity index (χ2v) is 6.03. The molecule has 0 bridgehead atoms. The number of benzene rings is 2. The van der Waals surface area contributed by atoms with E-state index in [9.17, 15) is 25.0 Å². The molecule has 3 aromatic rings. The smallest absolute Gasteiger partial charge is 0.270 e. The highest BCUT2D eigenvalue weighted by Gasteiger charge is 2.12. The SMILES string of the molecule is Cc1cc(NC(=O)/C=C/c2cccc([N+](=O)[O-])c2)n(-c2ccc([N+](=O)[O-])cc2)n1. The van der Waals surface area contributed by atoms with Crippen LogP contribution in [0.4, 0.5) is 17.2 Å². The summed E-state index contributed by atoms with van der Waals surface area (Å²) in [5.74, 6) is -0.0791. The van der Waals surface area contributed by atoms with Crippen molar-refractivity contribution in [3.8, 4) is 5.69 Å². The summed E-state index contributed by atoms with van der Waals surface area (Å²) in [4.78, 5) is 32.9. The summed E-state index contributed by atoms with van der Waals surface area (Å²) in [6.45, 7) is 1.75. The van der Waals surface area contributed by atoms with Gasteiger partial charge in [0.1, 0.15) is 5.82 Å². The van der Waals surface area contributed by atoms with E-state index in [4.69, 9.17) is 0 Å². The fraction of sp³-hybridized carbons (Fsp3) is 0.0526. The molecule has 2 aromatic carbocycles. The molecule has 0 fully saturated rings. The standard InChI is InChI=1S/C19H15N5O5/c1-13-11-18(22(21-13)15-6-8-16(9-7-15)23(26)27)20-19(25)10-5-14-3-2-4-17(12-14)24(28)29/h2-12H,1H3,(H,20,25)/b10-5+. The van der Waals surface area contributed by atoms with Crippen LogP contribution in [0.15, 0.2) is 60.7 Å². The van der Waals surface area contributed by atoms with Crippen LogP contribution < -0.4 is 5.32 Å². The molecule has 10 nitrogen and oxygen atoms in total. The molecule has 0 aliphatic heterocycles. The van der Waals surface area contributed by atoms with Crippen LogP contribution in [0.5, 0.6) is 0 Å². The number of amides is 1. The summed E-state index contributed by atoms with van der Waals surface area (Å²) in [6.07, 6.45) is 2.71. The van der Waals surface area contributed by atoms with E-state index in [-0.39, 0.29) is 11.4 Å². The van der Waals surface area contributed by atoms with Crippen molar-refractivity contribution in [1.29, 1.82) is 0 Å². The van der Waals surface area contributed by atoms with Gasteiger partial charge in [-0.15, -0.1) is 0 Å². The maximum absolute atomic E-state index is 12.3. The monoisotopic (exact) mass is 393 g/mol. The lowest BCUT2D eigenvalue weighted by Gasteiger charge is -2.07. The third kappa shape index (κ3) is 4.69. The van der Waals surface area contributed by atoms with Crippen LogP contribution in [0.1, 0.15) is 11.3 Å². The van der Waals surface area contributed by atoms with Crippen LogP contribution in [0, 0.1) is 27.2 Å². The Balaban J connectivity index is 1.78. The first-order valence-electron chi connectivity index (χ1n) is 8.38. The summed E-state index contributed by atoms with van der Waals surface area (Å²) in [6, 6.07) is 13.3. The average molecular weight is 393 g/mol. The molecule has 1 N–H and O–H groups in total. The van der Waals surface area contributed by atoms with E-state index in [0.29, 0.717) is 22.8 Å². The lowest BCUT2D eigenvalue weighted by atomic mass is 10.2. The Hall–Kier alpha value is -4.34. The first-order valence-corrected chi connectivity index (χ1v) is 8.38. The van der Waals surface area contributed by atoms with Crippen LogP contribution in [-0.4, -0.2) is 25.5 Å². The van der Waals surface area contributed by atoms with Gasteiger partial charge >= 0.3 is 0 Å². The van der Waals surface area contributed by atoms with Crippen LogP contribution in [0.25, 0.3) is 11.8 Å². The molecule has 3 rings (SSSR count). The summed E-state index contributed by atoms with van der Waals surface area (Å²) in [5.41, 5.74) is 1.57. The fourth-order valence-corrected chi connectivity index (χ4v) is 2.58. The number of hydrogen-bond acceptors (Lipinski definition) is 6. The predicted molar refractivity (Wildman–Crippen MR) is 106 cm³/mol. The van der Waals surface area contributed by atoms with Gasteiger partial charge in [-0.25, -0.2) is 4.68 Å². The van der Waals surface area contributed by atoms with E-state index in [1.807, 2.05) is 0 Å². The van der Waals surface area contributed by atoms with Gasteiger partial charge < -0.3 is 5.32 Å². The van der Waals surface area contributed by atoms with Gasteiger partial charge in [0.2, 0.25) is 5.91 Å². The Morgan fingerprint density at radius 2 is 1.72 bits per heavy atom. The zero-order valence-electron chi connectivity index (χ0n) is 15.2. The van der Waals surface area contributed by atoms with Gasteiger partial charge in [-0.2, -0.15) is 5.10 Å². The Morgan fingerprint density at radius 3 is 2.38 bits per heavy atom. The number of anilines is 1. The first-order chi connectivity index (χ1) is 13.8. The minimum atomic E-state index is -0.511. The summed E-state index contributed by atoms with van der Waals surface area (Å²) in [5, 5.41) is 28.6. The number of aryl methyl sites for hydroxylation is 1. The van der Waals surface area contributed by atoms with Gasteiger partial charge in [0.15, 0.2) is 0 Å². The molecule has 29 heavy (non-hydrogen) atoms. The maximum Gasteiger partial charge on any atom is 0.270 e. The van der Waals surface area contributed by atoms with Crippen molar-refractivity contribution in [3.05, 3.63) is 92.2 Å². The maximum atomic E-state index is 12.3. The molecule has 0 radical (unpaired) electrons. The number of carbonyl (C=O) groups is 1. The van der Waals surface area contributed by atoms with Crippen LogP contribution >= 0.6 is 0 Å². The van der Waals surface area contributed by atoms with Gasteiger partial charge in [0, 0.05) is 36.4 Å². The highest BCUT2D eigenvalue weighted by Crippen LogP contribution is 2.20. The third-order valence-electron chi connectivity index (χ3n) is 3.90. The van der Waals surface area contributed by atoms with Gasteiger partial charge in [-0.05, 0) is 30.7 Å². The molecular weight excluding hydrogens is 378 g/mol. The molecule has 10 heteroatoms. The van der Waals surface area contributed by atoms with E-state index in [1.165, 1.54) is 59.3 Å². The molecule has 0 aliphatic carbocycles. The van der Waals surface area contributed by atoms with E-state index in [1.54, 1.807) is 19.1 Å². The van der Waals surface area contributed by atoms with Crippen molar-refractivity contribution in [2.24, 2.45) is 0 Å². The van der Waals surface area contributed by atoms with Gasteiger partial charge in [-0.1, -0.05) is 12.1 Å². The van der Waals surface area contributed by atoms with Crippen molar-refractivity contribution >= 4 is 29.2 Å². The molecular formula is C19H15N5O5. The molecule has 1 amide bonds. The quantitative estimate of drug-likeness (QED) is 0.386. The zero-order valence-corrected chi connectivity index (χ0v) is 15.2. The van der Waals surface area contributed by atoms with E-state index >= 15 is 0 Å². The Kier molecular flexibility index (Phi) is 5.44. The number of aromatic nitrogens is 2. The number of nitrogens with zero attached hydrogens (tertiary/aromatic N) is 4. The number of nitro groups is 2. The van der Waals surface area contributed by atoms with Gasteiger partial charge in [0.25, 0.3) is 11.4 Å². The van der Waals surface area contributed by atoms with Gasteiger partial charge in [-0.3, -0.25) is 25.0 Å². The molecule has 1 heterocycles. The van der Waals surface area contributed by atoms with Crippen molar-refractivity contribution in [3.63, 3.8) is 0 Å². The minimum Gasteiger partial charge on any atom is -0.307 e. The lowest BCUT2D eigenvalue weighted by Crippen LogP contribution is -2.12. The Labute approximate surface area is 164 Å². The number of carbonyl (C=O) groups excluding carboxylic acids is 1. The van der Waals surface area contributed by atoms with Crippen molar-refractivity contribution in [2.45, 2.75) is 6.92 Å². The molecule has 0 saturated carbocycles. The number of non-ortho nitro benzene ring substituents is 2. The van der Waals surface area contributed by atoms with E-state index in [0.717, 1.165) is 0 Å². The zero-order chi connectivity index (χ0) is 21.0. The summed E-state index contributed by atoms with van der Waals surface area (Å²) in [7, 11) is 0. The second kappa shape index (κ2) is 8.13. The lowest BCUT2D eigenvalue weighted by molar-refractivity contribution is -0.385. The largest absolute Gasteiger partial charge is 0.307 e. The molecule has 146 valence electrons. The molecule has 0 aliphatic rings. The fourth-order valence-electron chi connectivity index (χ4n) is 2.58. The van der Waals surface area contributed by atoms with Crippen molar-refractivity contribution < 1.29 is 14.6 Å². The normalized spacial score (nSPS) is 10.8. The topological polar surface area (TPSA) is 133 Å². The summed E-state index contributed by atoms with van der Waals surface area (Å²) >= 11 is 0. The Bertz CT molecular complexity index is 1120. The van der Waals surface area contributed by atoms with Gasteiger partial charge in [0.05, 0.1) is 21.2 Å². The number of hydrogen-bond donors (Lipinski definition) is 1. The molecule has 1 aromatic heterocycles. The van der Waals surface area contributed by atoms with E-state index < -0.39 is 15.8 Å². The highest BCUT2D eigenvalue weighted by atomic mass is 16.6. The molecule has 0 atom stereocenters. The molecule has 0 spiro atoms. The predicted octanol–water partition coefficient (Wildman–Crippen LogP) is 3.65. The van der Waals surface area contributed by atoms with E-state index in [2.05, 4.69) is 10.4 Å². The van der Waals surface area contributed by atoms with Crippen LogP contribution in [0.3, 0.4) is 0 Å². The van der Waals surface area contributed by atoms with Crippen molar-refractivity contribution in [1.82, 2.24) is 9.78 Å². The number of nitro benzene ring substituents is 2. The Morgan fingerprint density at radius 1 is 1.03 bits per heavy atom. The number of nitrogens with one attached hydrogen (secondary N) is 1. The van der Waals surface area contributed by atoms with Crippen LogP contribution in [0.2, 0.25) is 0 Å². The minimum absolute atomic E-state index is 0.0527. The second-order valence-electron chi connectivity index (χ2n) is 6.03. The third-order valence-corrected chi connectivity index (χ3v) is 3.90. The number of rotatable bonds is 6. The summed E-state index contributed by atoms with van der Waals surface area (Å²) < 4.78 is 1.46. The molecule has 0 unspecified atom stereocenters. The van der Waals surface area contributed by atoms with Crippen molar-refractivity contribution in [2.75, 3.05) is 5.32 Å². The first kappa shape index (κ1) is 19.4. The highest BCUT2D eigenvalue weighted by molar-refractivity contribution is 6.01. The average Bonchev–Trinajstić information content (AvgIpc) is 3.06. The van der Waals surface area contributed by atoms with Crippen LogP contribution in [-0.2, 0) is 4.79 Å².